The summed E-state index contributed by atoms with van der Waals surface area (Å²) in [5.74, 6) is -9.02. The van der Waals surface area contributed by atoms with Crippen LogP contribution >= 0.6 is 0 Å². The van der Waals surface area contributed by atoms with Crippen molar-refractivity contribution in [3.8, 4) is 5.75 Å². The second kappa shape index (κ2) is 10.6. The lowest BCUT2D eigenvalue weighted by molar-refractivity contribution is -0.147. The Morgan fingerprint density at radius 3 is 2.36 bits per heavy atom. The number of carbonyl (C=O) groups excluding carboxylic acids is 5. The lowest BCUT2D eigenvalue weighted by atomic mass is 9.59. The van der Waals surface area contributed by atoms with Gasteiger partial charge in [-0.05, 0) is 67.0 Å². The molecule has 1 fully saturated rings. The minimum Gasteiger partial charge on any atom is -0.508 e. The minimum absolute atomic E-state index is 0.0104. The monoisotopic (exact) mass is 607 g/mol. The first-order valence-corrected chi connectivity index (χ1v) is 13.8. The van der Waals surface area contributed by atoms with Gasteiger partial charge < -0.3 is 36.8 Å². The smallest absolute Gasteiger partial charge is 0.323 e. The first-order valence-electron chi connectivity index (χ1n) is 13.8. The van der Waals surface area contributed by atoms with Crippen LogP contribution in [0.4, 0.5) is 20.6 Å². The number of ketones is 3. The SMILES string of the molecule is CC(=O)c1cc(NC(=O)Nc2cc(C(C)C)c3c(c2O)C(O)=C2C(=O)[C@]4(O)C(O)=C(C(N)=O)C(=O)C[C@@H]4C[C@@H]2C3)ccc1F. The Morgan fingerprint density at radius 1 is 1.07 bits per heavy atom. The zero-order chi connectivity index (χ0) is 32.4. The van der Waals surface area contributed by atoms with Gasteiger partial charge in [-0.1, -0.05) is 13.8 Å². The van der Waals surface area contributed by atoms with E-state index in [-0.39, 0.29) is 46.8 Å². The third kappa shape index (κ3) is 4.60. The average molecular weight is 608 g/mol. The number of aromatic hydroxyl groups is 1. The Kier molecular flexibility index (Phi) is 7.32. The highest BCUT2D eigenvalue weighted by molar-refractivity contribution is 6.22. The molecule has 5 rings (SSSR count). The third-order valence-corrected chi connectivity index (χ3v) is 8.57. The number of carbonyl (C=O) groups is 5. The number of aliphatic hydroxyl groups excluding tert-OH is 2. The van der Waals surface area contributed by atoms with Crippen LogP contribution in [-0.4, -0.2) is 55.3 Å². The zero-order valence-electron chi connectivity index (χ0n) is 23.9. The van der Waals surface area contributed by atoms with Crippen LogP contribution < -0.4 is 16.4 Å². The molecule has 3 amide bonds. The molecule has 2 aromatic rings. The number of primary amides is 1. The minimum atomic E-state index is -2.70. The van der Waals surface area contributed by atoms with E-state index in [0.29, 0.717) is 11.1 Å². The van der Waals surface area contributed by atoms with Gasteiger partial charge in [-0.3, -0.25) is 19.2 Å². The largest absolute Gasteiger partial charge is 0.508 e. The van der Waals surface area contributed by atoms with Crippen molar-refractivity contribution in [3.05, 3.63) is 69.2 Å². The summed E-state index contributed by atoms with van der Waals surface area (Å²) in [6, 6.07) is 4.05. The van der Waals surface area contributed by atoms with Gasteiger partial charge >= 0.3 is 6.03 Å². The molecule has 0 aliphatic heterocycles. The maximum absolute atomic E-state index is 13.9. The lowest BCUT2D eigenvalue weighted by Crippen LogP contribution is -2.58. The molecule has 0 radical (unpaired) electrons. The normalized spacial score (nSPS) is 22.8. The topological polar surface area (TPSA) is 216 Å². The summed E-state index contributed by atoms with van der Waals surface area (Å²) in [6.45, 7) is 4.85. The molecule has 0 saturated heterocycles. The Bertz CT molecular complexity index is 1760. The standard InChI is InChI=1S/C31H30FN3O9/c1-11(2)16-10-20(35-30(43)34-15-4-5-19(32)17(9-15)12(3)36)25(38)23-18(16)7-13-6-14-8-21(37)24(29(33)42)28(41)31(14,44)27(40)22(13)26(23)39/h4-5,9-11,13-14,38-39,41,44H,6-8H2,1-3H3,(H2,33,42)(H2,34,35,43)/t13-,14+,31+/m1/s1. The van der Waals surface area contributed by atoms with Crippen LogP contribution in [0.15, 0.2) is 41.2 Å². The number of urea groups is 1. The number of phenols is 1. The molecule has 2 aromatic carbocycles. The van der Waals surface area contributed by atoms with Crippen LogP contribution in [-0.2, 0) is 20.8 Å². The molecule has 230 valence electrons. The predicted octanol–water partition coefficient (Wildman–Crippen LogP) is 3.53. The summed E-state index contributed by atoms with van der Waals surface area (Å²) in [6.07, 6.45) is -0.320. The van der Waals surface area contributed by atoms with E-state index in [1.165, 1.54) is 19.1 Å². The summed E-state index contributed by atoms with van der Waals surface area (Å²) in [4.78, 5) is 62.8. The van der Waals surface area contributed by atoms with Crippen molar-refractivity contribution in [2.24, 2.45) is 17.6 Å². The molecule has 3 aliphatic rings. The van der Waals surface area contributed by atoms with Gasteiger partial charge in [0.1, 0.15) is 28.7 Å². The number of halogens is 1. The van der Waals surface area contributed by atoms with Crippen molar-refractivity contribution in [2.75, 3.05) is 10.6 Å². The number of aliphatic hydroxyl groups is 3. The number of nitrogens with two attached hydrogens (primary N) is 1. The number of anilines is 2. The second-order valence-corrected chi connectivity index (χ2v) is 11.6. The summed E-state index contributed by atoms with van der Waals surface area (Å²) < 4.78 is 13.9. The van der Waals surface area contributed by atoms with Crippen molar-refractivity contribution in [1.82, 2.24) is 0 Å². The van der Waals surface area contributed by atoms with Gasteiger partial charge in [-0.25, -0.2) is 9.18 Å². The molecule has 13 heteroatoms. The van der Waals surface area contributed by atoms with Gasteiger partial charge in [0.05, 0.1) is 16.8 Å². The van der Waals surface area contributed by atoms with Crippen LogP contribution in [0, 0.1) is 17.7 Å². The fourth-order valence-electron chi connectivity index (χ4n) is 6.49. The number of hydrogen-bond acceptors (Lipinski definition) is 9. The van der Waals surface area contributed by atoms with E-state index in [9.17, 15) is 48.8 Å². The summed E-state index contributed by atoms with van der Waals surface area (Å²) in [5.41, 5.74) is 1.98. The van der Waals surface area contributed by atoms with Gasteiger partial charge in [0.25, 0.3) is 5.91 Å². The number of amides is 3. The molecule has 44 heavy (non-hydrogen) atoms. The number of Topliss-reactive ketones (excluding diaryl/α,β-unsaturated/α-hetero) is 3. The number of fused-ring (bicyclic) bond motifs is 3. The summed E-state index contributed by atoms with van der Waals surface area (Å²) >= 11 is 0. The number of phenolic OH excluding ortho intramolecular Hbond substituents is 1. The first kappa shape index (κ1) is 30.4. The maximum atomic E-state index is 13.9. The molecular formula is C31H30FN3O9. The van der Waals surface area contributed by atoms with Gasteiger partial charge in [-0.2, -0.15) is 0 Å². The van der Waals surface area contributed by atoms with E-state index in [4.69, 9.17) is 5.73 Å². The van der Waals surface area contributed by atoms with E-state index in [0.717, 1.165) is 12.1 Å². The van der Waals surface area contributed by atoms with E-state index in [1.807, 2.05) is 13.8 Å². The van der Waals surface area contributed by atoms with Crippen molar-refractivity contribution in [2.45, 2.75) is 51.6 Å². The fourth-order valence-corrected chi connectivity index (χ4v) is 6.49. The van der Waals surface area contributed by atoms with Gasteiger partial charge in [0.2, 0.25) is 5.78 Å². The number of benzene rings is 2. The Morgan fingerprint density at radius 2 is 1.75 bits per heavy atom. The van der Waals surface area contributed by atoms with E-state index < -0.39 is 81.8 Å². The van der Waals surface area contributed by atoms with Crippen LogP contribution in [0.2, 0.25) is 0 Å². The van der Waals surface area contributed by atoms with Crippen molar-refractivity contribution in [3.63, 3.8) is 0 Å². The number of nitrogens with one attached hydrogen (secondary N) is 2. The second-order valence-electron chi connectivity index (χ2n) is 11.6. The molecule has 0 unspecified atom stereocenters. The molecule has 0 spiro atoms. The third-order valence-electron chi connectivity index (χ3n) is 8.57. The highest BCUT2D eigenvalue weighted by Crippen LogP contribution is 2.53. The molecule has 3 aliphatic carbocycles. The number of hydrogen-bond donors (Lipinski definition) is 7. The van der Waals surface area contributed by atoms with Crippen LogP contribution in [0.5, 0.6) is 5.75 Å². The molecule has 1 saturated carbocycles. The summed E-state index contributed by atoms with van der Waals surface area (Å²) in [5, 5.41) is 49.9. The Balaban J connectivity index is 1.57. The predicted molar refractivity (Wildman–Crippen MR) is 155 cm³/mol. The van der Waals surface area contributed by atoms with Crippen molar-refractivity contribution < 1.29 is 48.8 Å². The highest BCUT2D eigenvalue weighted by Gasteiger charge is 2.60. The summed E-state index contributed by atoms with van der Waals surface area (Å²) in [7, 11) is 0. The molecule has 8 N–H and O–H groups in total. The Labute approximate surface area is 250 Å². The van der Waals surface area contributed by atoms with Crippen LogP contribution in [0.25, 0.3) is 5.76 Å². The van der Waals surface area contributed by atoms with Crippen LogP contribution in [0.1, 0.15) is 66.6 Å². The van der Waals surface area contributed by atoms with Crippen LogP contribution in [0.3, 0.4) is 0 Å². The number of rotatable bonds is 5. The van der Waals surface area contributed by atoms with E-state index >= 15 is 0 Å². The van der Waals surface area contributed by atoms with Gasteiger partial charge in [0.15, 0.2) is 17.2 Å². The molecule has 0 heterocycles. The molecular weight excluding hydrogens is 577 g/mol. The van der Waals surface area contributed by atoms with Crippen molar-refractivity contribution in [1.29, 1.82) is 0 Å². The van der Waals surface area contributed by atoms with E-state index in [2.05, 4.69) is 10.6 Å². The lowest BCUT2D eigenvalue weighted by Gasteiger charge is -2.46. The molecule has 12 nitrogen and oxygen atoms in total. The van der Waals surface area contributed by atoms with Crippen molar-refractivity contribution >= 4 is 46.4 Å². The van der Waals surface area contributed by atoms with E-state index in [1.54, 1.807) is 0 Å². The zero-order valence-corrected chi connectivity index (χ0v) is 23.9. The maximum Gasteiger partial charge on any atom is 0.323 e. The fraction of sp³-hybridized carbons (Fsp3) is 0.323. The molecule has 0 bridgehead atoms. The highest BCUT2D eigenvalue weighted by atomic mass is 19.1. The van der Waals surface area contributed by atoms with Gasteiger partial charge in [0, 0.05) is 23.6 Å². The molecule has 3 atom stereocenters. The molecule has 0 aromatic heterocycles. The van der Waals surface area contributed by atoms with Gasteiger partial charge in [-0.15, -0.1) is 0 Å². The Hall–Kier alpha value is -5.04. The quantitative estimate of drug-likeness (QED) is 0.150. The average Bonchev–Trinajstić information content (AvgIpc) is 2.92. The first-order chi connectivity index (χ1) is 20.6.